The van der Waals surface area contributed by atoms with Crippen LogP contribution in [0.15, 0.2) is 0 Å². The zero-order chi connectivity index (χ0) is 17.5. The van der Waals surface area contributed by atoms with Crippen LogP contribution in [0.1, 0.15) is 53.4 Å². The van der Waals surface area contributed by atoms with Crippen molar-refractivity contribution in [1.29, 1.82) is 0 Å². The minimum absolute atomic E-state index is 0. The third-order valence-corrected chi connectivity index (χ3v) is 6.34. The van der Waals surface area contributed by atoms with Crippen molar-refractivity contribution < 1.29 is 35.2 Å². The van der Waals surface area contributed by atoms with Crippen LogP contribution in [0, 0.1) is 0 Å². The molecule has 0 aliphatic carbocycles. The summed E-state index contributed by atoms with van der Waals surface area (Å²) in [5.41, 5.74) is -4.62. The van der Waals surface area contributed by atoms with Gasteiger partial charge in [-0.1, -0.05) is 51.3 Å². The van der Waals surface area contributed by atoms with Gasteiger partial charge in [-0.15, -0.1) is 0 Å². The summed E-state index contributed by atoms with van der Waals surface area (Å²) in [4.78, 5) is 0. The molecule has 23 heavy (non-hydrogen) atoms. The van der Waals surface area contributed by atoms with Crippen LogP contribution in [-0.4, -0.2) is 26.4 Å². The monoisotopic (exact) mass is 482 g/mol. The third kappa shape index (κ3) is 24.4. The van der Waals surface area contributed by atoms with Gasteiger partial charge in [0.25, 0.3) is 0 Å². The smallest absolute Gasteiger partial charge is 0.691 e. The molecular weight excluding hydrogens is 454 g/mol. The molecule has 4 nitrogen and oxygen atoms in total. The Morgan fingerprint density at radius 2 is 0.783 bits per heavy atom. The first-order chi connectivity index (χ1) is 10.2. The molecule has 0 saturated heterocycles. The molecule has 0 aliphatic heterocycles. The molecule has 0 atom stereocenters. The van der Waals surface area contributed by atoms with E-state index in [0.717, 1.165) is 25.7 Å². The maximum atomic E-state index is 5.20. The predicted molar refractivity (Wildman–Crippen MR) is 108 cm³/mol. The largest absolute Gasteiger partial charge is 2.00 e. The molecule has 11 heteroatoms. The van der Waals surface area contributed by atoms with Gasteiger partial charge in [0.2, 0.25) is 0 Å². The van der Waals surface area contributed by atoms with E-state index in [1.54, 1.807) is 0 Å². The van der Waals surface area contributed by atoms with E-state index in [1.165, 1.54) is 0 Å². The summed E-state index contributed by atoms with van der Waals surface area (Å²) in [7, 11) is 0. The predicted octanol–water partition coefficient (Wildman–Crippen LogP) is 5.22. The first-order valence-electron chi connectivity index (χ1n) is 7.44. The third-order valence-electron chi connectivity index (χ3n) is 1.81. The fourth-order valence-electron chi connectivity index (χ4n) is 0.887. The van der Waals surface area contributed by atoms with Gasteiger partial charge in [-0.05, 0) is 25.7 Å². The van der Waals surface area contributed by atoms with Crippen LogP contribution in [0.3, 0.4) is 0 Å². The first kappa shape index (κ1) is 30.1. The zero-order valence-corrected chi connectivity index (χ0v) is 20.3. The molecule has 0 saturated carbocycles. The van der Waals surface area contributed by atoms with Crippen LogP contribution >= 0.6 is 11.4 Å². The quantitative estimate of drug-likeness (QED) is 0.213. The second-order valence-corrected chi connectivity index (χ2v) is 14.2. The van der Waals surface area contributed by atoms with Crippen LogP contribution in [0.4, 0.5) is 0 Å². The number of rotatable bonds is 12. The topological polar surface area (TPSA) is 36.9 Å². The Morgan fingerprint density at radius 3 is 0.913 bits per heavy atom. The van der Waals surface area contributed by atoms with E-state index in [1.807, 2.05) is 27.7 Å². The minimum atomic E-state index is -2.31. The molecule has 0 radical (unpaired) electrons. The van der Waals surface area contributed by atoms with E-state index in [0.29, 0.717) is 26.4 Å². The van der Waals surface area contributed by atoms with Crippen molar-refractivity contribution in [3.05, 3.63) is 0 Å². The van der Waals surface area contributed by atoms with Gasteiger partial charge >= 0.3 is 17.1 Å². The Balaban J connectivity index is -0.000000333. The van der Waals surface area contributed by atoms with Crippen molar-refractivity contribution in [2.45, 2.75) is 53.4 Å². The second-order valence-electron chi connectivity index (χ2n) is 4.23. The van der Waals surface area contributed by atoms with Crippen LogP contribution in [0.2, 0.25) is 0 Å². The molecular formula is C12H28FeO4P2S4. The molecule has 0 bridgehead atoms. The number of hydrogen-bond acceptors (Lipinski definition) is 8. The van der Waals surface area contributed by atoms with E-state index in [4.69, 9.17) is 66.2 Å². The summed E-state index contributed by atoms with van der Waals surface area (Å²) >= 11 is 19.8. The van der Waals surface area contributed by atoms with Crippen molar-refractivity contribution in [2.24, 2.45) is 0 Å². The van der Waals surface area contributed by atoms with E-state index in [9.17, 15) is 0 Å². The molecule has 0 aliphatic rings. The SMILES string of the molecule is CCCOP(=S)([S-])OCCC.CCCOP(=S)([S-])OCCC.[Fe+2]. The Labute approximate surface area is 173 Å². The minimum Gasteiger partial charge on any atom is -0.691 e. The molecule has 0 heterocycles. The Kier molecular flexibility index (Phi) is 25.0. The molecule has 142 valence electrons. The van der Waals surface area contributed by atoms with Gasteiger partial charge in [-0.25, -0.2) is 0 Å². The first-order valence-corrected chi connectivity index (χ1v) is 14.7. The maximum absolute atomic E-state index is 5.20. The molecule has 0 aromatic rings. The van der Waals surface area contributed by atoms with Crippen molar-refractivity contribution in [3.63, 3.8) is 0 Å². The second kappa shape index (κ2) is 19.1. The summed E-state index contributed by atoms with van der Waals surface area (Å²) in [5, 5.41) is 0. The van der Waals surface area contributed by atoms with Crippen LogP contribution in [0.25, 0.3) is 0 Å². The van der Waals surface area contributed by atoms with E-state index in [2.05, 4.69) is 0 Å². The fraction of sp³-hybridized carbons (Fsp3) is 1.00. The zero-order valence-electron chi connectivity index (χ0n) is 14.2. The van der Waals surface area contributed by atoms with E-state index in [-0.39, 0.29) is 17.1 Å². The number of hydrogen-bond donors (Lipinski definition) is 0. The Morgan fingerprint density at radius 1 is 0.609 bits per heavy atom. The summed E-state index contributed by atoms with van der Waals surface area (Å²) in [6.45, 7) is 10.5. The summed E-state index contributed by atoms with van der Waals surface area (Å²) in [6.07, 6.45) is 3.74. The van der Waals surface area contributed by atoms with Gasteiger partial charge in [-0.3, -0.25) is 0 Å². The molecule has 0 amide bonds. The van der Waals surface area contributed by atoms with Crippen LogP contribution in [-0.2, 0) is 83.3 Å². The van der Waals surface area contributed by atoms with Crippen LogP contribution in [0.5, 0.6) is 0 Å². The molecule has 0 aromatic heterocycles. The van der Waals surface area contributed by atoms with Crippen LogP contribution < -0.4 is 0 Å². The fourth-order valence-corrected chi connectivity index (χ4v) is 4.45. The molecule has 0 spiro atoms. The molecule has 0 aromatic carbocycles. The van der Waals surface area contributed by atoms with Gasteiger partial charge in [0, 0.05) is 0 Å². The summed E-state index contributed by atoms with van der Waals surface area (Å²) in [6, 6.07) is 0. The summed E-state index contributed by atoms with van der Waals surface area (Å²) < 4.78 is 20.8. The van der Waals surface area contributed by atoms with Gasteiger partial charge in [0.1, 0.15) is 0 Å². The average Bonchev–Trinajstić information content (AvgIpc) is 2.48. The van der Waals surface area contributed by atoms with Crippen molar-refractivity contribution >= 4 is 59.5 Å². The standard InChI is InChI=1S/2C6H15O2PS2.Fe/c2*1-3-5-7-9(10,11)8-6-4-2;/h2*3-6H2,1-2H3,(H,10,11);/q;;+2/p-2. The molecule has 0 unspecified atom stereocenters. The average molecular weight is 482 g/mol. The Bertz CT molecular complexity index is 295. The van der Waals surface area contributed by atoms with Crippen molar-refractivity contribution in [3.8, 4) is 0 Å². The van der Waals surface area contributed by atoms with Crippen molar-refractivity contribution in [2.75, 3.05) is 26.4 Å². The molecule has 0 rings (SSSR count). The van der Waals surface area contributed by atoms with E-state index >= 15 is 0 Å². The van der Waals surface area contributed by atoms with Gasteiger partial charge in [-0.2, -0.15) is 0 Å². The summed E-state index contributed by atoms with van der Waals surface area (Å²) in [5.74, 6) is 0. The molecule has 0 fully saturated rings. The van der Waals surface area contributed by atoms with E-state index < -0.39 is 11.4 Å². The van der Waals surface area contributed by atoms with Crippen molar-refractivity contribution in [1.82, 2.24) is 0 Å². The molecule has 0 N–H and O–H groups in total. The Hall–Kier alpha value is 2.36. The van der Waals surface area contributed by atoms with Gasteiger partial charge in [0.05, 0.1) is 37.8 Å². The maximum Gasteiger partial charge on any atom is 2.00 e. The normalized spacial score (nSPS) is 11.4. The van der Waals surface area contributed by atoms with Gasteiger partial charge in [0.15, 0.2) is 0 Å². The van der Waals surface area contributed by atoms with Gasteiger partial charge < -0.3 is 42.6 Å².